The summed E-state index contributed by atoms with van der Waals surface area (Å²) < 4.78 is 52.1. The number of carbonyl (C=O) groups is 1. The summed E-state index contributed by atoms with van der Waals surface area (Å²) in [4.78, 5) is 15.4. The molecule has 34 heavy (non-hydrogen) atoms. The van der Waals surface area contributed by atoms with Crippen molar-refractivity contribution in [3.8, 4) is 11.5 Å². The first-order valence-corrected chi connectivity index (χ1v) is 11.1. The number of allylic oxidation sites excluding steroid dienone is 1. The average molecular weight is 492 g/mol. The van der Waals surface area contributed by atoms with E-state index in [1.807, 2.05) is 4.90 Å². The van der Waals surface area contributed by atoms with E-state index in [1.165, 1.54) is 32.4 Å². The smallest absolute Gasteiger partial charge is 0.416 e. The first-order chi connectivity index (χ1) is 16.2. The van der Waals surface area contributed by atoms with Crippen LogP contribution in [0.3, 0.4) is 0 Å². The van der Waals surface area contributed by atoms with Gasteiger partial charge in [-0.25, -0.2) is 0 Å². The van der Waals surface area contributed by atoms with Crippen LogP contribution in [0.2, 0.25) is 0 Å². The second kappa shape index (κ2) is 9.17. The van der Waals surface area contributed by atoms with Gasteiger partial charge in [0.1, 0.15) is 11.5 Å². The maximum Gasteiger partial charge on any atom is 0.416 e. The topological polar surface area (TPSA) is 62.8 Å². The Bertz CT molecular complexity index is 1160. The van der Waals surface area contributed by atoms with Gasteiger partial charge in [0.25, 0.3) is 5.91 Å². The van der Waals surface area contributed by atoms with Crippen LogP contribution in [-0.2, 0) is 11.0 Å². The second-order valence-corrected chi connectivity index (χ2v) is 8.47. The normalized spacial score (nSPS) is 18.5. The third kappa shape index (κ3) is 4.54. The van der Waals surface area contributed by atoms with Gasteiger partial charge in [-0.1, -0.05) is 18.2 Å². The van der Waals surface area contributed by atoms with Crippen LogP contribution in [0.25, 0.3) is 0 Å². The van der Waals surface area contributed by atoms with Crippen molar-refractivity contribution in [1.29, 1.82) is 0 Å². The third-order valence-corrected chi connectivity index (χ3v) is 6.23. The van der Waals surface area contributed by atoms with E-state index in [1.54, 1.807) is 25.1 Å². The number of amides is 1. The van der Waals surface area contributed by atoms with Crippen molar-refractivity contribution >= 4 is 28.9 Å². The maximum atomic E-state index is 13.9. The average Bonchev–Trinajstić information content (AvgIpc) is 3.63. The molecule has 1 aliphatic carbocycles. The molecule has 0 radical (unpaired) electrons. The molecule has 2 aromatic rings. The summed E-state index contributed by atoms with van der Waals surface area (Å²) in [5.41, 5.74) is 0.109. The minimum Gasteiger partial charge on any atom is -0.497 e. The van der Waals surface area contributed by atoms with Crippen LogP contribution in [0, 0.1) is 0 Å². The van der Waals surface area contributed by atoms with Crippen LogP contribution >= 0.6 is 12.2 Å². The Morgan fingerprint density at radius 3 is 2.47 bits per heavy atom. The number of thiocarbonyl (C=S) groups is 1. The fourth-order valence-electron chi connectivity index (χ4n) is 4.17. The van der Waals surface area contributed by atoms with E-state index in [0.29, 0.717) is 28.0 Å². The Labute approximate surface area is 200 Å². The zero-order valence-electron chi connectivity index (χ0n) is 18.8. The first-order valence-electron chi connectivity index (χ1n) is 10.7. The maximum absolute atomic E-state index is 13.9. The third-order valence-electron chi connectivity index (χ3n) is 5.92. The van der Waals surface area contributed by atoms with Crippen molar-refractivity contribution in [3.05, 3.63) is 64.9 Å². The molecule has 10 heteroatoms. The number of ether oxygens (including phenoxy) is 2. The summed E-state index contributed by atoms with van der Waals surface area (Å²) in [5, 5.41) is 6.10. The number of nitrogens with zero attached hydrogens (tertiary/aromatic N) is 1. The fourth-order valence-corrected chi connectivity index (χ4v) is 4.57. The Kier molecular flexibility index (Phi) is 6.44. The molecule has 6 nitrogen and oxygen atoms in total. The summed E-state index contributed by atoms with van der Waals surface area (Å²) in [7, 11) is 2.95. The molecular weight excluding hydrogens is 467 g/mol. The van der Waals surface area contributed by atoms with Gasteiger partial charge in [-0.2, -0.15) is 13.2 Å². The van der Waals surface area contributed by atoms with Crippen LogP contribution in [0.4, 0.5) is 18.9 Å². The molecule has 4 rings (SSSR count). The first kappa shape index (κ1) is 23.9. The van der Waals surface area contributed by atoms with Crippen molar-refractivity contribution in [2.24, 2.45) is 0 Å². The number of carbonyl (C=O) groups excluding carboxylic acids is 1. The van der Waals surface area contributed by atoms with E-state index in [0.717, 1.165) is 18.9 Å². The number of benzene rings is 2. The molecule has 1 atom stereocenters. The molecule has 180 valence electrons. The molecule has 2 aromatic carbocycles. The molecule has 0 spiro atoms. The van der Waals surface area contributed by atoms with E-state index in [4.69, 9.17) is 21.7 Å². The number of hydrogen-bond acceptors (Lipinski definition) is 4. The molecule has 0 saturated heterocycles. The number of nitrogens with one attached hydrogen (secondary N) is 2. The minimum absolute atomic E-state index is 0.0742. The lowest BCUT2D eigenvalue weighted by Gasteiger charge is -2.38. The van der Waals surface area contributed by atoms with Crippen molar-refractivity contribution in [2.45, 2.75) is 38.0 Å². The highest BCUT2D eigenvalue weighted by Gasteiger charge is 2.43. The highest BCUT2D eigenvalue weighted by Crippen LogP contribution is 2.42. The van der Waals surface area contributed by atoms with Gasteiger partial charge < -0.3 is 25.0 Å². The van der Waals surface area contributed by atoms with Gasteiger partial charge in [0.2, 0.25) is 0 Å². The van der Waals surface area contributed by atoms with Crippen LogP contribution in [0.15, 0.2) is 53.7 Å². The minimum atomic E-state index is -4.60. The summed E-state index contributed by atoms with van der Waals surface area (Å²) in [5.74, 6) is 0.313. The van der Waals surface area contributed by atoms with Gasteiger partial charge in [0.05, 0.1) is 37.1 Å². The highest BCUT2D eigenvalue weighted by molar-refractivity contribution is 7.80. The number of anilines is 1. The quantitative estimate of drug-likeness (QED) is 0.553. The molecule has 2 N–H and O–H groups in total. The van der Waals surface area contributed by atoms with Crippen LogP contribution in [0.5, 0.6) is 11.5 Å². The molecule has 0 bridgehead atoms. The predicted octanol–water partition coefficient (Wildman–Crippen LogP) is 5.03. The predicted molar refractivity (Wildman–Crippen MR) is 126 cm³/mol. The Hall–Kier alpha value is -3.27. The number of hydrogen-bond donors (Lipinski definition) is 2. The summed E-state index contributed by atoms with van der Waals surface area (Å²) in [6.07, 6.45) is -2.82. The zero-order chi connectivity index (χ0) is 24.6. The van der Waals surface area contributed by atoms with Crippen LogP contribution in [0.1, 0.15) is 36.9 Å². The summed E-state index contributed by atoms with van der Waals surface area (Å²) in [6, 6.07) is 9.13. The molecule has 1 fully saturated rings. The lowest BCUT2D eigenvalue weighted by Crippen LogP contribution is -2.49. The summed E-state index contributed by atoms with van der Waals surface area (Å²) >= 11 is 5.51. The number of halogens is 3. The molecule has 1 amide bonds. The van der Waals surface area contributed by atoms with E-state index in [-0.39, 0.29) is 17.2 Å². The van der Waals surface area contributed by atoms with Gasteiger partial charge >= 0.3 is 6.18 Å². The number of methoxy groups -OCH3 is 2. The molecule has 0 aromatic heterocycles. The monoisotopic (exact) mass is 491 g/mol. The van der Waals surface area contributed by atoms with Gasteiger partial charge in [0.15, 0.2) is 5.11 Å². The zero-order valence-corrected chi connectivity index (χ0v) is 19.6. The molecular formula is C24H24F3N3O3S. The van der Waals surface area contributed by atoms with Gasteiger partial charge in [-0.05, 0) is 55.7 Å². The largest absolute Gasteiger partial charge is 0.497 e. The lowest BCUT2D eigenvalue weighted by atomic mass is 9.90. The standard InChI is InChI=1S/C24H24F3N3O3S/c1-13-20(22(31)28-18-12-15(32-2)10-11-19(18)33-3)21(29-23(34)30(13)14-8-9-14)16-6-4-5-7-17(16)24(25,26)27/h4-7,10-12,14,21H,8-9H2,1-3H3,(H,28,31)(H,29,34). The van der Waals surface area contributed by atoms with Crippen molar-refractivity contribution in [2.75, 3.05) is 19.5 Å². The van der Waals surface area contributed by atoms with E-state index >= 15 is 0 Å². The molecule has 1 heterocycles. The van der Waals surface area contributed by atoms with Crippen molar-refractivity contribution in [1.82, 2.24) is 10.2 Å². The molecule has 2 aliphatic rings. The van der Waals surface area contributed by atoms with Gasteiger partial charge in [-0.15, -0.1) is 0 Å². The summed E-state index contributed by atoms with van der Waals surface area (Å²) in [6.45, 7) is 1.71. The van der Waals surface area contributed by atoms with Gasteiger partial charge in [-0.3, -0.25) is 4.79 Å². The van der Waals surface area contributed by atoms with Crippen LogP contribution in [-0.4, -0.2) is 36.2 Å². The lowest BCUT2D eigenvalue weighted by molar-refractivity contribution is -0.138. The molecule has 1 aliphatic heterocycles. The van der Waals surface area contributed by atoms with Crippen LogP contribution < -0.4 is 20.1 Å². The van der Waals surface area contributed by atoms with E-state index in [2.05, 4.69) is 10.6 Å². The SMILES string of the molecule is COc1ccc(OC)c(NC(=O)C2=C(C)N(C3CC3)C(=S)NC2c2ccccc2C(F)(F)F)c1. The van der Waals surface area contributed by atoms with E-state index < -0.39 is 23.7 Å². The second-order valence-electron chi connectivity index (χ2n) is 8.09. The highest BCUT2D eigenvalue weighted by atomic mass is 32.1. The number of rotatable bonds is 6. The van der Waals surface area contributed by atoms with Gasteiger partial charge in [0, 0.05) is 17.8 Å². The number of alkyl halides is 3. The Morgan fingerprint density at radius 2 is 1.85 bits per heavy atom. The van der Waals surface area contributed by atoms with E-state index in [9.17, 15) is 18.0 Å². The van der Waals surface area contributed by atoms with Crippen molar-refractivity contribution in [3.63, 3.8) is 0 Å². The Morgan fingerprint density at radius 1 is 1.15 bits per heavy atom. The fraction of sp³-hybridized carbons (Fsp3) is 0.333. The van der Waals surface area contributed by atoms with Crippen molar-refractivity contribution < 1.29 is 27.4 Å². The Balaban J connectivity index is 1.81. The molecule has 1 saturated carbocycles. The molecule has 1 unspecified atom stereocenters.